The third kappa shape index (κ3) is 5.02. The van der Waals surface area contributed by atoms with E-state index in [1.54, 1.807) is 23.1 Å². The Labute approximate surface area is 187 Å². The van der Waals surface area contributed by atoms with Crippen LogP contribution < -0.4 is 10.1 Å². The first-order valence-electron chi connectivity index (χ1n) is 10.6. The van der Waals surface area contributed by atoms with Crippen molar-refractivity contribution in [3.05, 3.63) is 64.7 Å². The molecule has 0 saturated carbocycles. The van der Waals surface area contributed by atoms with E-state index in [2.05, 4.69) is 12.2 Å². The number of nitrogens with zero attached hydrogens (tertiary/aromatic N) is 1. The Hall–Kier alpha value is -2.57. The van der Waals surface area contributed by atoms with Crippen molar-refractivity contribution in [1.82, 2.24) is 10.2 Å². The number of rotatable bonds is 5. The van der Waals surface area contributed by atoms with Gasteiger partial charge >= 0.3 is 0 Å². The third-order valence-corrected chi connectivity index (χ3v) is 6.21. The average molecular weight is 443 g/mol. The molecule has 31 heavy (non-hydrogen) atoms. The number of fused-ring (bicyclic) bond motifs is 1. The monoisotopic (exact) mass is 442 g/mol. The van der Waals surface area contributed by atoms with E-state index in [9.17, 15) is 9.59 Å². The number of ether oxygens (including phenoxy) is 2. The summed E-state index contributed by atoms with van der Waals surface area (Å²) in [4.78, 5) is 27.6. The van der Waals surface area contributed by atoms with Crippen LogP contribution in [0.1, 0.15) is 41.6 Å². The Morgan fingerprint density at radius 1 is 1.19 bits per heavy atom. The van der Waals surface area contributed by atoms with Crippen LogP contribution in [0.3, 0.4) is 0 Å². The van der Waals surface area contributed by atoms with Gasteiger partial charge in [-0.05, 0) is 29.7 Å². The van der Waals surface area contributed by atoms with Crippen molar-refractivity contribution in [2.45, 2.75) is 31.3 Å². The van der Waals surface area contributed by atoms with Crippen molar-refractivity contribution in [2.75, 3.05) is 32.8 Å². The number of nitrogens with one attached hydrogen (secondary N) is 1. The Kier molecular flexibility index (Phi) is 6.49. The van der Waals surface area contributed by atoms with Gasteiger partial charge in [-0.1, -0.05) is 48.9 Å². The van der Waals surface area contributed by atoms with Crippen LogP contribution in [-0.2, 0) is 9.53 Å². The van der Waals surface area contributed by atoms with Crippen molar-refractivity contribution in [2.24, 2.45) is 0 Å². The fraction of sp³-hybridized carbons (Fsp3) is 0.417. The van der Waals surface area contributed by atoms with Crippen LogP contribution in [0, 0.1) is 0 Å². The van der Waals surface area contributed by atoms with Gasteiger partial charge in [-0.3, -0.25) is 9.59 Å². The van der Waals surface area contributed by atoms with Gasteiger partial charge in [-0.15, -0.1) is 0 Å². The second-order valence-electron chi connectivity index (χ2n) is 8.31. The molecule has 2 aliphatic rings. The molecule has 2 amide bonds. The van der Waals surface area contributed by atoms with E-state index in [4.69, 9.17) is 21.1 Å². The maximum absolute atomic E-state index is 13.3. The van der Waals surface area contributed by atoms with Gasteiger partial charge in [0.15, 0.2) is 0 Å². The van der Waals surface area contributed by atoms with E-state index in [0.717, 1.165) is 5.56 Å². The molecule has 1 unspecified atom stereocenters. The first kappa shape index (κ1) is 21.7. The zero-order chi connectivity index (χ0) is 21.8. The zero-order valence-corrected chi connectivity index (χ0v) is 18.4. The summed E-state index contributed by atoms with van der Waals surface area (Å²) in [5.41, 5.74) is 0.984. The van der Waals surface area contributed by atoms with Crippen LogP contribution in [0.15, 0.2) is 48.5 Å². The van der Waals surface area contributed by atoms with E-state index >= 15 is 0 Å². The van der Waals surface area contributed by atoms with E-state index < -0.39 is 5.60 Å². The Morgan fingerprint density at radius 3 is 2.68 bits per heavy atom. The fourth-order valence-electron chi connectivity index (χ4n) is 4.14. The topological polar surface area (TPSA) is 67.9 Å². The van der Waals surface area contributed by atoms with Crippen molar-refractivity contribution < 1.29 is 19.1 Å². The lowest BCUT2D eigenvalue weighted by Crippen LogP contribution is -2.52. The summed E-state index contributed by atoms with van der Waals surface area (Å²) in [6.45, 7) is 4.00. The van der Waals surface area contributed by atoms with Crippen LogP contribution in [0.25, 0.3) is 0 Å². The minimum atomic E-state index is -0.565. The molecule has 2 aromatic carbocycles. The van der Waals surface area contributed by atoms with Gasteiger partial charge in [0.05, 0.1) is 31.9 Å². The molecule has 0 bridgehead atoms. The Balaban J connectivity index is 1.49. The molecule has 1 spiro atoms. The lowest BCUT2D eigenvalue weighted by atomic mass is 9.93. The van der Waals surface area contributed by atoms with Gasteiger partial charge in [0, 0.05) is 24.4 Å². The predicted octanol–water partition coefficient (Wildman–Crippen LogP) is 3.64. The molecular weight excluding hydrogens is 416 g/mol. The van der Waals surface area contributed by atoms with Crippen LogP contribution in [0.5, 0.6) is 5.75 Å². The summed E-state index contributed by atoms with van der Waals surface area (Å²) in [6, 6.07) is 15.1. The van der Waals surface area contributed by atoms with E-state index in [0.29, 0.717) is 55.5 Å². The molecule has 2 heterocycles. The minimum Gasteiger partial charge on any atom is -0.484 e. The first-order valence-corrected chi connectivity index (χ1v) is 11.0. The molecule has 1 saturated heterocycles. The van der Waals surface area contributed by atoms with E-state index in [1.165, 1.54) is 0 Å². The summed E-state index contributed by atoms with van der Waals surface area (Å²) in [5.74, 6) is 0.252. The third-order valence-electron chi connectivity index (χ3n) is 5.98. The molecule has 2 aromatic rings. The van der Waals surface area contributed by atoms with Gasteiger partial charge in [0.2, 0.25) is 5.91 Å². The highest BCUT2D eigenvalue weighted by Crippen LogP contribution is 2.36. The van der Waals surface area contributed by atoms with Crippen molar-refractivity contribution in [1.29, 1.82) is 0 Å². The summed E-state index contributed by atoms with van der Waals surface area (Å²) in [7, 11) is 0. The predicted molar refractivity (Wildman–Crippen MR) is 119 cm³/mol. The molecule has 164 valence electrons. The number of hydrogen-bond donors (Lipinski definition) is 1. The van der Waals surface area contributed by atoms with Gasteiger partial charge in [0.1, 0.15) is 11.4 Å². The summed E-state index contributed by atoms with van der Waals surface area (Å²) >= 11 is 6.14. The summed E-state index contributed by atoms with van der Waals surface area (Å²) in [6.07, 6.45) is 1.32. The number of halogens is 1. The average Bonchev–Trinajstić information content (AvgIpc) is 2.88. The quantitative estimate of drug-likeness (QED) is 0.767. The first-order chi connectivity index (χ1) is 15.0. The van der Waals surface area contributed by atoms with Gasteiger partial charge < -0.3 is 19.7 Å². The largest absolute Gasteiger partial charge is 0.484 e. The van der Waals surface area contributed by atoms with Crippen molar-refractivity contribution >= 4 is 23.4 Å². The van der Waals surface area contributed by atoms with Gasteiger partial charge in [-0.2, -0.15) is 0 Å². The number of amides is 2. The molecular formula is C24H27ClN2O4. The van der Waals surface area contributed by atoms with E-state index in [1.807, 2.05) is 30.3 Å². The molecule has 1 fully saturated rings. The lowest BCUT2D eigenvalue weighted by Gasteiger charge is -2.38. The highest BCUT2D eigenvalue weighted by molar-refractivity contribution is 6.31. The molecule has 0 aliphatic carbocycles. The second-order valence-corrected chi connectivity index (χ2v) is 8.75. The number of carbonyl (C=O) groups is 2. The molecule has 2 aliphatic heterocycles. The van der Waals surface area contributed by atoms with Crippen LogP contribution in [0.2, 0.25) is 5.02 Å². The lowest BCUT2D eigenvalue weighted by molar-refractivity contribution is -0.122. The standard InChI is InChI=1S/C24H27ClN2O4/c1-17(18-5-3-2-4-6-18)14-26-22(28)15-27-16-24(9-11-30-12-10-24)31-21-8-7-19(25)13-20(21)23(27)29/h2-8,13,17H,9-12,14-16H2,1H3,(H,26,28). The molecule has 0 aromatic heterocycles. The Morgan fingerprint density at radius 2 is 1.94 bits per heavy atom. The van der Waals surface area contributed by atoms with Crippen molar-refractivity contribution in [3.8, 4) is 5.75 Å². The summed E-state index contributed by atoms with van der Waals surface area (Å²) < 4.78 is 11.9. The van der Waals surface area contributed by atoms with Crippen molar-refractivity contribution in [3.63, 3.8) is 0 Å². The molecule has 1 N–H and O–H groups in total. The second kappa shape index (κ2) is 9.28. The van der Waals surface area contributed by atoms with Crippen LogP contribution in [0.4, 0.5) is 0 Å². The Bertz CT molecular complexity index is 944. The highest BCUT2D eigenvalue weighted by Gasteiger charge is 2.42. The molecule has 6 nitrogen and oxygen atoms in total. The minimum absolute atomic E-state index is 0.0295. The fourth-order valence-corrected chi connectivity index (χ4v) is 4.31. The summed E-state index contributed by atoms with van der Waals surface area (Å²) in [5, 5.41) is 3.43. The molecule has 0 radical (unpaired) electrons. The number of benzene rings is 2. The SMILES string of the molecule is CC(CNC(=O)CN1CC2(CCOCC2)Oc2ccc(Cl)cc2C1=O)c1ccccc1. The highest BCUT2D eigenvalue weighted by atomic mass is 35.5. The molecule has 7 heteroatoms. The molecule has 4 rings (SSSR count). The molecule has 1 atom stereocenters. The van der Waals surface area contributed by atoms with E-state index in [-0.39, 0.29) is 24.3 Å². The smallest absolute Gasteiger partial charge is 0.258 e. The maximum Gasteiger partial charge on any atom is 0.258 e. The number of hydrogen-bond acceptors (Lipinski definition) is 4. The zero-order valence-electron chi connectivity index (χ0n) is 17.6. The van der Waals surface area contributed by atoms with Gasteiger partial charge in [0.25, 0.3) is 5.91 Å². The van der Waals surface area contributed by atoms with Crippen LogP contribution in [-0.4, -0.2) is 55.2 Å². The maximum atomic E-state index is 13.3. The normalized spacial score (nSPS) is 18.6. The van der Waals surface area contributed by atoms with Gasteiger partial charge in [-0.25, -0.2) is 0 Å². The number of carbonyl (C=O) groups excluding carboxylic acids is 2. The van der Waals surface area contributed by atoms with Crippen LogP contribution >= 0.6 is 11.6 Å².